The van der Waals surface area contributed by atoms with Crippen molar-refractivity contribution in [2.24, 2.45) is 5.92 Å². The maximum absolute atomic E-state index is 13.2. The molecule has 1 amide bonds. The highest BCUT2D eigenvalue weighted by Gasteiger charge is 2.22. The molecule has 4 heteroatoms. The monoisotopic (exact) mass is 264 g/mol. The molecule has 1 aliphatic carbocycles. The van der Waals surface area contributed by atoms with Gasteiger partial charge in [0.1, 0.15) is 5.82 Å². The van der Waals surface area contributed by atoms with Crippen molar-refractivity contribution < 1.29 is 9.18 Å². The Morgan fingerprint density at radius 2 is 2.05 bits per heavy atom. The minimum Gasteiger partial charge on any atom is -0.398 e. The number of halogens is 1. The van der Waals surface area contributed by atoms with Gasteiger partial charge < -0.3 is 11.1 Å². The Labute approximate surface area is 113 Å². The zero-order chi connectivity index (χ0) is 13.8. The van der Waals surface area contributed by atoms with E-state index in [-0.39, 0.29) is 17.5 Å². The van der Waals surface area contributed by atoms with Gasteiger partial charge in [-0.2, -0.15) is 0 Å². The number of amides is 1. The molecule has 1 saturated carbocycles. The zero-order valence-corrected chi connectivity index (χ0v) is 11.3. The highest BCUT2D eigenvalue weighted by molar-refractivity contribution is 5.99. The molecule has 2 rings (SSSR count). The fourth-order valence-corrected chi connectivity index (χ4v) is 2.68. The van der Waals surface area contributed by atoms with Gasteiger partial charge in [0.15, 0.2) is 0 Å². The number of hydrogen-bond acceptors (Lipinski definition) is 2. The largest absolute Gasteiger partial charge is 0.398 e. The Hall–Kier alpha value is -1.58. The number of benzene rings is 1. The summed E-state index contributed by atoms with van der Waals surface area (Å²) in [6.07, 6.45) is 5.69. The van der Waals surface area contributed by atoms with Crippen molar-refractivity contribution >= 4 is 11.6 Å². The van der Waals surface area contributed by atoms with E-state index in [9.17, 15) is 9.18 Å². The molecule has 0 radical (unpaired) electrons. The topological polar surface area (TPSA) is 55.1 Å². The van der Waals surface area contributed by atoms with Crippen molar-refractivity contribution in [1.29, 1.82) is 0 Å². The second kappa shape index (κ2) is 6.04. The zero-order valence-electron chi connectivity index (χ0n) is 11.3. The van der Waals surface area contributed by atoms with Gasteiger partial charge >= 0.3 is 0 Å². The Balaban J connectivity index is 2.09. The normalized spacial score (nSPS) is 23.7. The first kappa shape index (κ1) is 13.8. The highest BCUT2D eigenvalue weighted by atomic mass is 19.1. The van der Waals surface area contributed by atoms with Gasteiger partial charge in [0.25, 0.3) is 5.91 Å². The number of carbonyl (C=O) groups is 1. The molecule has 1 aliphatic rings. The van der Waals surface area contributed by atoms with E-state index in [2.05, 4.69) is 12.2 Å². The Morgan fingerprint density at radius 1 is 1.32 bits per heavy atom. The molecule has 1 aromatic rings. The average molecular weight is 264 g/mol. The summed E-state index contributed by atoms with van der Waals surface area (Å²) in [5.41, 5.74) is 6.29. The number of rotatable bonds is 2. The van der Waals surface area contributed by atoms with Gasteiger partial charge in [0.2, 0.25) is 0 Å². The molecule has 19 heavy (non-hydrogen) atoms. The molecule has 0 spiro atoms. The summed E-state index contributed by atoms with van der Waals surface area (Å²) in [7, 11) is 0. The van der Waals surface area contributed by atoms with Gasteiger partial charge in [-0.05, 0) is 37.0 Å². The molecule has 3 N–H and O–H groups in total. The lowest BCUT2D eigenvalue weighted by molar-refractivity contribution is 0.0922. The smallest absolute Gasteiger partial charge is 0.253 e. The molecule has 1 fully saturated rings. The summed E-state index contributed by atoms with van der Waals surface area (Å²) in [5.74, 6) is -0.245. The van der Waals surface area contributed by atoms with Crippen LogP contribution in [0.3, 0.4) is 0 Å². The predicted molar refractivity (Wildman–Crippen MR) is 74.3 cm³/mol. The Bertz CT molecular complexity index is 461. The molecular formula is C15H21FN2O. The van der Waals surface area contributed by atoms with E-state index in [1.807, 2.05) is 0 Å². The van der Waals surface area contributed by atoms with E-state index in [4.69, 9.17) is 5.73 Å². The lowest BCUT2D eigenvalue weighted by atomic mass is 9.96. The number of hydrogen-bond donors (Lipinski definition) is 2. The van der Waals surface area contributed by atoms with Crippen molar-refractivity contribution in [1.82, 2.24) is 5.32 Å². The summed E-state index contributed by atoms with van der Waals surface area (Å²) in [4.78, 5) is 12.2. The van der Waals surface area contributed by atoms with E-state index < -0.39 is 5.82 Å². The summed E-state index contributed by atoms with van der Waals surface area (Å²) >= 11 is 0. The van der Waals surface area contributed by atoms with Crippen molar-refractivity contribution in [3.63, 3.8) is 0 Å². The summed E-state index contributed by atoms with van der Waals surface area (Å²) in [5, 5.41) is 3.01. The van der Waals surface area contributed by atoms with E-state index >= 15 is 0 Å². The van der Waals surface area contributed by atoms with Gasteiger partial charge in [-0.3, -0.25) is 4.79 Å². The first-order chi connectivity index (χ1) is 9.08. The predicted octanol–water partition coefficient (Wildman–Crippen LogP) is 3.11. The van der Waals surface area contributed by atoms with Crippen LogP contribution in [0.25, 0.3) is 0 Å². The first-order valence-electron chi connectivity index (χ1n) is 6.94. The molecule has 0 heterocycles. The fraction of sp³-hybridized carbons (Fsp3) is 0.533. The lowest BCUT2D eigenvalue weighted by Gasteiger charge is -2.23. The lowest BCUT2D eigenvalue weighted by Crippen LogP contribution is -2.39. The van der Waals surface area contributed by atoms with E-state index in [0.29, 0.717) is 11.6 Å². The minimum absolute atomic E-state index is 0.165. The minimum atomic E-state index is -0.437. The summed E-state index contributed by atoms with van der Waals surface area (Å²) in [6.45, 7) is 2.16. The van der Waals surface area contributed by atoms with Crippen molar-refractivity contribution in [3.8, 4) is 0 Å². The molecule has 0 bridgehead atoms. The third kappa shape index (κ3) is 3.46. The van der Waals surface area contributed by atoms with Crippen molar-refractivity contribution in [2.75, 3.05) is 5.73 Å². The van der Waals surface area contributed by atoms with Crippen LogP contribution < -0.4 is 11.1 Å². The van der Waals surface area contributed by atoms with Gasteiger partial charge in [0.05, 0.1) is 5.56 Å². The van der Waals surface area contributed by atoms with Crippen LogP contribution in [0.5, 0.6) is 0 Å². The molecule has 0 aromatic heterocycles. The number of nitrogen functional groups attached to an aromatic ring is 1. The maximum Gasteiger partial charge on any atom is 0.253 e. The third-order valence-corrected chi connectivity index (χ3v) is 3.94. The van der Waals surface area contributed by atoms with Crippen molar-refractivity contribution in [2.45, 2.75) is 45.1 Å². The summed E-state index contributed by atoms with van der Waals surface area (Å²) in [6, 6.07) is 4.06. The van der Waals surface area contributed by atoms with Gasteiger partial charge in [-0.25, -0.2) is 4.39 Å². The molecule has 0 saturated heterocycles. The fourth-order valence-electron chi connectivity index (χ4n) is 2.68. The van der Waals surface area contributed by atoms with Crippen LogP contribution >= 0.6 is 0 Å². The van der Waals surface area contributed by atoms with Gasteiger partial charge in [-0.15, -0.1) is 0 Å². The van der Waals surface area contributed by atoms with Crippen molar-refractivity contribution in [3.05, 3.63) is 29.6 Å². The number of anilines is 1. The number of nitrogens with one attached hydrogen (secondary N) is 1. The highest BCUT2D eigenvalue weighted by Crippen LogP contribution is 2.23. The quantitative estimate of drug-likeness (QED) is 0.637. The van der Waals surface area contributed by atoms with E-state index in [0.717, 1.165) is 19.3 Å². The summed E-state index contributed by atoms with van der Waals surface area (Å²) < 4.78 is 13.2. The molecule has 0 aliphatic heterocycles. The van der Waals surface area contributed by atoms with Crippen LogP contribution in [0.15, 0.2) is 18.2 Å². The first-order valence-corrected chi connectivity index (χ1v) is 6.94. The second-order valence-corrected chi connectivity index (χ2v) is 5.43. The van der Waals surface area contributed by atoms with Crippen LogP contribution in [0.1, 0.15) is 49.4 Å². The van der Waals surface area contributed by atoms with Crippen LogP contribution in [-0.4, -0.2) is 11.9 Å². The molecule has 1 aromatic carbocycles. The molecule has 3 nitrogen and oxygen atoms in total. The van der Waals surface area contributed by atoms with Crippen LogP contribution in [-0.2, 0) is 0 Å². The molecule has 2 unspecified atom stereocenters. The SMILES string of the molecule is CC1CCCCCC1NC(=O)c1cc(F)ccc1N. The maximum atomic E-state index is 13.2. The Kier molecular flexibility index (Phi) is 4.40. The average Bonchev–Trinajstić information content (AvgIpc) is 2.58. The van der Waals surface area contributed by atoms with E-state index in [1.165, 1.54) is 31.0 Å². The number of carbonyl (C=O) groups excluding carboxylic acids is 1. The number of nitrogens with two attached hydrogens (primary N) is 1. The van der Waals surface area contributed by atoms with Gasteiger partial charge in [0, 0.05) is 11.7 Å². The third-order valence-electron chi connectivity index (χ3n) is 3.94. The van der Waals surface area contributed by atoms with Crippen LogP contribution in [0, 0.1) is 11.7 Å². The van der Waals surface area contributed by atoms with Crippen LogP contribution in [0.4, 0.5) is 10.1 Å². The standard InChI is InChI=1S/C15H21FN2O/c1-10-5-3-2-4-6-14(10)18-15(19)12-9-11(16)7-8-13(12)17/h7-10,14H,2-6,17H2,1H3,(H,18,19). The van der Waals surface area contributed by atoms with E-state index in [1.54, 1.807) is 0 Å². The van der Waals surface area contributed by atoms with Crippen LogP contribution in [0.2, 0.25) is 0 Å². The molecule has 2 atom stereocenters. The molecule has 104 valence electrons. The van der Waals surface area contributed by atoms with Gasteiger partial charge in [-0.1, -0.05) is 26.2 Å². The Morgan fingerprint density at radius 3 is 2.84 bits per heavy atom. The molecular weight excluding hydrogens is 243 g/mol. The second-order valence-electron chi connectivity index (χ2n) is 5.43.